The van der Waals surface area contributed by atoms with E-state index in [1.54, 1.807) is 25.3 Å². The molecule has 1 aromatic carbocycles. The molecule has 1 saturated heterocycles. The molecule has 1 aliphatic rings. The molecule has 18 heavy (non-hydrogen) atoms. The number of carbonyl (C=O) groups is 1. The third kappa shape index (κ3) is 2.95. The summed E-state index contributed by atoms with van der Waals surface area (Å²) in [7, 11) is 1.64. The number of rotatable bonds is 3. The molecule has 0 aromatic heterocycles. The van der Waals surface area contributed by atoms with Crippen molar-refractivity contribution in [1.82, 2.24) is 5.32 Å². The van der Waals surface area contributed by atoms with E-state index in [-0.39, 0.29) is 18.1 Å². The number of para-hydroxylation sites is 1. The Kier molecular flexibility index (Phi) is 4.45. The van der Waals surface area contributed by atoms with Crippen LogP contribution in [0.1, 0.15) is 6.42 Å². The summed E-state index contributed by atoms with van der Waals surface area (Å²) in [6.45, 7) is 0.671. The van der Waals surface area contributed by atoms with Gasteiger partial charge in [-0.05, 0) is 18.6 Å². The van der Waals surface area contributed by atoms with Gasteiger partial charge < -0.3 is 15.4 Å². The van der Waals surface area contributed by atoms with Crippen LogP contribution in [-0.2, 0) is 9.53 Å². The van der Waals surface area contributed by atoms with Crippen LogP contribution in [-0.4, -0.2) is 31.7 Å². The number of anilines is 1. The summed E-state index contributed by atoms with van der Waals surface area (Å²) < 4.78 is 5.19. The molecule has 2 N–H and O–H groups in total. The minimum Gasteiger partial charge on any atom is -0.380 e. The maximum atomic E-state index is 12.0. The Hall–Kier alpha value is -0.810. The second kappa shape index (κ2) is 5.89. The predicted molar refractivity (Wildman–Crippen MR) is 72.3 cm³/mol. The number of halogens is 2. The third-order valence-corrected chi connectivity index (χ3v) is 3.58. The summed E-state index contributed by atoms with van der Waals surface area (Å²) in [5.74, 6) is -0.149. The number of carbonyl (C=O) groups excluding carboxylic acids is 1. The number of ether oxygens (including phenoxy) is 1. The van der Waals surface area contributed by atoms with Crippen LogP contribution in [0.2, 0.25) is 10.0 Å². The minimum atomic E-state index is -0.276. The van der Waals surface area contributed by atoms with Gasteiger partial charge in [-0.2, -0.15) is 0 Å². The fraction of sp³-hybridized carbons (Fsp3) is 0.417. The Morgan fingerprint density at radius 2 is 2.11 bits per heavy atom. The molecule has 4 nitrogen and oxygen atoms in total. The molecule has 1 heterocycles. The largest absolute Gasteiger partial charge is 0.380 e. The van der Waals surface area contributed by atoms with Crippen LogP contribution < -0.4 is 10.6 Å². The summed E-state index contributed by atoms with van der Waals surface area (Å²) in [6.07, 6.45) is 0.715. The molecule has 1 aromatic rings. The van der Waals surface area contributed by atoms with Crippen LogP contribution in [0.25, 0.3) is 0 Å². The highest BCUT2D eigenvalue weighted by molar-refractivity contribution is 6.39. The molecule has 1 aliphatic heterocycles. The van der Waals surface area contributed by atoms with Gasteiger partial charge in [-0.3, -0.25) is 4.79 Å². The summed E-state index contributed by atoms with van der Waals surface area (Å²) >= 11 is 12.0. The molecule has 2 atom stereocenters. The van der Waals surface area contributed by atoms with Crippen LogP contribution in [0.15, 0.2) is 18.2 Å². The zero-order valence-electron chi connectivity index (χ0n) is 9.87. The van der Waals surface area contributed by atoms with E-state index in [2.05, 4.69) is 10.6 Å². The Labute approximate surface area is 116 Å². The molecule has 0 saturated carbocycles. The Morgan fingerprint density at radius 3 is 2.67 bits per heavy atom. The van der Waals surface area contributed by atoms with Crippen molar-refractivity contribution in [2.45, 2.75) is 18.6 Å². The molecule has 0 spiro atoms. The Balaban J connectivity index is 2.04. The number of hydrogen-bond donors (Lipinski definition) is 2. The smallest absolute Gasteiger partial charge is 0.241 e. The van der Waals surface area contributed by atoms with E-state index in [0.29, 0.717) is 28.7 Å². The van der Waals surface area contributed by atoms with E-state index in [4.69, 9.17) is 27.9 Å². The van der Waals surface area contributed by atoms with Crippen LogP contribution in [0.4, 0.5) is 5.69 Å². The highest BCUT2D eigenvalue weighted by Gasteiger charge is 2.29. The lowest BCUT2D eigenvalue weighted by Gasteiger charge is -2.13. The highest BCUT2D eigenvalue weighted by Crippen LogP contribution is 2.30. The lowest BCUT2D eigenvalue weighted by molar-refractivity contribution is -0.118. The van der Waals surface area contributed by atoms with Gasteiger partial charge in [0.1, 0.15) is 0 Å². The third-order valence-electron chi connectivity index (χ3n) is 2.95. The van der Waals surface area contributed by atoms with Crippen molar-refractivity contribution >= 4 is 34.8 Å². The second-order valence-electron chi connectivity index (χ2n) is 4.14. The first kappa shape index (κ1) is 13.6. The summed E-state index contributed by atoms with van der Waals surface area (Å²) in [4.78, 5) is 12.0. The molecule has 1 amide bonds. The fourth-order valence-electron chi connectivity index (χ4n) is 1.91. The average molecular weight is 289 g/mol. The fourth-order valence-corrected chi connectivity index (χ4v) is 2.40. The molecule has 0 bridgehead atoms. The molecule has 0 radical (unpaired) electrons. The Bertz CT molecular complexity index is 433. The second-order valence-corrected chi connectivity index (χ2v) is 4.95. The molecule has 1 fully saturated rings. The van der Waals surface area contributed by atoms with Crippen LogP contribution in [0.3, 0.4) is 0 Å². The van der Waals surface area contributed by atoms with Crippen LogP contribution >= 0.6 is 23.2 Å². The van der Waals surface area contributed by atoms with Gasteiger partial charge in [0.05, 0.1) is 27.9 Å². The van der Waals surface area contributed by atoms with Gasteiger partial charge in [-0.15, -0.1) is 0 Å². The van der Waals surface area contributed by atoms with Gasteiger partial charge >= 0.3 is 0 Å². The topological polar surface area (TPSA) is 50.4 Å². The normalized spacial score (nSPS) is 23.1. The molecular weight excluding hydrogens is 275 g/mol. The van der Waals surface area contributed by atoms with Crippen molar-refractivity contribution in [1.29, 1.82) is 0 Å². The molecular formula is C12H14Cl2N2O2. The van der Waals surface area contributed by atoms with Gasteiger partial charge in [0, 0.05) is 13.7 Å². The summed E-state index contributed by atoms with van der Waals surface area (Å²) in [5.41, 5.74) is 0.452. The molecule has 2 rings (SSSR count). The lowest BCUT2D eigenvalue weighted by atomic mass is 10.2. The summed E-state index contributed by atoms with van der Waals surface area (Å²) in [6, 6.07) is 4.82. The van der Waals surface area contributed by atoms with Gasteiger partial charge in [0.25, 0.3) is 0 Å². The standard InChI is InChI=1S/C12H14Cl2N2O2/c1-18-7-5-10(15-6-7)12(17)16-11-8(13)3-2-4-9(11)14/h2-4,7,10,15H,5-6H2,1H3,(H,16,17). The average Bonchev–Trinajstić information content (AvgIpc) is 2.82. The first-order chi connectivity index (χ1) is 8.61. The number of benzene rings is 1. The van der Waals surface area contributed by atoms with Crippen molar-refractivity contribution in [2.75, 3.05) is 19.0 Å². The van der Waals surface area contributed by atoms with Crippen LogP contribution in [0, 0.1) is 0 Å². The Morgan fingerprint density at radius 1 is 1.44 bits per heavy atom. The quantitative estimate of drug-likeness (QED) is 0.897. The van der Waals surface area contributed by atoms with Crippen molar-refractivity contribution < 1.29 is 9.53 Å². The number of amides is 1. The van der Waals surface area contributed by atoms with Gasteiger partial charge in [0.2, 0.25) is 5.91 Å². The lowest BCUT2D eigenvalue weighted by Crippen LogP contribution is -2.35. The summed E-state index contributed by atoms with van der Waals surface area (Å²) in [5, 5.41) is 6.69. The van der Waals surface area contributed by atoms with Crippen molar-refractivity contribution in [3.8, 4) is 0 Å². The number of hydrogen-bond acceptors (Lipinski definition) is 3. The van der Waals surface area contributed by atoms with Gasteiger partial charge in [-0.25, -0.2) is 0 Å². The van der Waals surface area contributed by atoms with E-state index >= 15 is 0 Å². The first-order valence-corrected chi connectivity index (χ1v) is 6.38. The zero-order valence-corrected chi connectivity index (χ0v) is 11.4. The van der Waals surface area contributed by atoms with E-state index < -0.39 is 0 Å². The number of nitrogens with one attached hydrogen (secondary N) is 2. The highest BCUT2D eigenvalue weighted by atomic mass is 35.5. The minimum absolute atomic E-state index is 0.0717. The molecule has 98 valence electrons. The van der Waals surface area contributed by atoms with Crippen LogP contribution in [0.5, 0.6) is 0 Å². The molecule has 6 heteroatoms. The number of methoxy groups -OCH3 is 1. The SMILES string of the molecule is COC1CNC(C(=O)Nc2c(Cl)cccc2Cl)C1. The van der Waals surface area contributed by atoms with Gasteiger partial charge in [-0.1, -0.05) is 29.3 Å². The monoisotopic (exact) mass is 288 g/mol. The first-order valence-electron chi connectivity index (χ1n) is 5.63. The van der Waals surface area contributed by atoms with Crippen molar-refractivity contribution in [3.63, 3.8) is 0 Å². The van der Waals surface area contributed by atoms with E-state index in [0.717, 1.165) is 0 Å². The van der Waals surface area contributed by atoms with E-state index in [9.17, 15) is 4.79 Å². The maximum Gasteiger partial charge on any atom is 0.241 e. The van der Waals surface area contributed by atoms with Crippen molar-refractivity contribution in [2.24, 2.45) is 0 Å². The van der Waals surface area contributed by atoms with Crippen molar-refractivity contribution in [3.05, 3.63) is 28.2 Å². The maximum absolute atomic E-state index is 12.0. The molecule has 2 unspecified atom stereocenters. The predicted octanol–water partition coefficient (Wildman–Crippen LogP) is 2.31. The van der Waals surface area contributed by atoms with E-state index in [1.807, 2.05) is 0 Å². The molecule has 0 aliphatic carbocycles. The van der Waals surface area contributed by atoms with E-state index in [1.165, 1.54) is 0 Å². The zero-order chi connectivity index (χ0) is 13.1. The van der Waals surface area contributed by atoms with Gasteiger partial charge in [0.15, 0.2) is 0 Å².